The Kier molecular flexibility index (Phi) is 3.35. The fourth-order valence-electron chi connectivity index (χ4n) is 2.55. The van der Waals surface area contributed by atoms with Crippen LogP contribution in [0.25, 0.3) is 0 Å². The quantitative estimate of drug-likeness (QED) is 0.386. The molecule has 90 valence electrons. The molecule has 1 saturated heterocycles. The third kappa shape index (κ3) is 2.56. The molecule has 1 fully saturated rings. The van der Waals surface area contributed by atoms with E-state index in [4.69, 9.17) is 11.2 Å². The van der Waals surface area contributed by atoms with Crippen molar-refractivity contribution in [2.45, 2.75) is 57.7 Å². The van der Waals surface area contributed by atoms with Gasteiger partial charge in [-0.1, -0.05) is 0 Å². The van der Waals surface area contributed by atoms with Crippen molar-refractivity contribution in [2.75, 3.05) is 7.05 Å². The molecule has 0 aliphatic carbocycles. The van der Waals surface area contributed by atoms with Gasteiger partial charge >= 0.3 is 5.97 Å². The van der Waals surface area contributed by atoms with E-state index in [-0.39, 0.29) is 17.2 Å². The highest BCUT2D eigenvalue weighted by molar-refractivity contribution is 5.87. The largest absolute Gasteiger partial charge is 0.453 e. The van der Waals surface area contributed by atoms with Gasteiger partial charge in [0.15, 0.2) is 0 Å². The Morgan fingerprint density at radius 1 is 1.31 bits per heavy atom. The first-order valence-electron chi connectivity index (χ1n) is 5.60. The molecular weight excluding hydrogens is 202 g/mol. The standard InChI is InChI=1S/C13H21NO2/c1-7-11(15)16-10-8-12(2,3)14(6)13(4,5)9-10/h1,10H,8-9H2,2-6H3. The molecule has 0 bridgehead atoms. The van der Waals surface area contributed by atoms with E-state index >= 15 is 0 Å². The zero-order valence-corrected chi connectivity index (χ0v) is 10.8. The van der Waals surface area contributed by atoms with Crippen molar-refractivity contribution in [1.82, 2.24) is 4.90 Å². The molecule has 0 aromatic rings. The van der Waals surface area contributed by atoms with Crippen LogP contribution in [-0.4, -0.2) is 35.1 Å². The Bertz CT molecular complexity index is 307. The van der Waals surface area contributed by atoms with Crippen LogP contribution >= 0.6 is 0 Å². The molecular formula is C13H21NO2. The summed E-state index contributed by atoms with van der Waals surface area (Å²) in [5.41, 5.74) is 0.0303. The number of rotatable bonds is 1. The van der Waals surface area contributed by atoms with Crippen molar-refractivity contribution in [3.05, 3.63) is 0 Å². The molecule has 1 heterocycles. The molecule has 0 amide bonds. The van der Waals surface area contributed by atoms with E-state index in [1.165, 1.54) is 0 Å². The SMILES string of the molecule is C#CC(=O)OC1CC(C)(C)N(C)C(C)(C)C1. The number of terminal acetylenes is 1. The molecule has 3 heteroatoms. The Morgan fingerprint density at radius 2 is 1.75 bits per heavy atom. The molecule has 0 N–H and O–H groups in total. The van der Waals surface area contributed by atoms with Crippen molar-refractivity contribution < 1.29 is 9.53 Å². The Morgan fingerprint density at radius 3 is 2.12 bits per heavy atom. The molecule has 0 spiro atoms. The molecule has 1 rings (SSSR count). The average Bonchev–Trinajstić information content (AvgIpc) is 2.13. The summed E-state index contributed by atoms with van der Waals surface area (Å²) in [6.07, 6.45) is 6.58. The Hall–Kier alpha value is -1.01. The first-order chi connectivity index (χ1) is 7.19. The Balaban J connectivity index is 2.80. The lowest BCUT2D eigenvalue weighted by Gasteiger charge is -2.53. The molecule has 1 aliphatic rings. The molecule has 16 heavy (non-hydrogen) atoms. The van der Waals surface area contributed by atoms with Crippen LogP contribution < -0.4 is 0 Å². The zero-order chi connectivity index (χ0) is 12.6. The van der Waals surface area contributed by atoms with E-state index in [0.29, 0.717) is 0 Å². The van der Waals surface area contributed by atoms with Gasteiger partial charge in [-0.05, 0) is 34.7 Å². The van der Waals surface area contributed by atoms with Crippen molar-refractivity contribution in [3.63, 3.8) is 0 Å². The van der Waals surface area contributed by atoms with Crippen molar-refractivity contribution in [1.29, 1.82) is 0 Å². The number of carbonyl (C=O) groups excluding carboxylic acids is 1. The highest BCUT2D eigenvalue weighted by Gasteiger charge is 2.44. The first kappa shape index (κ1) is 13.1. The monoisotopic (exact) mass is 223 g/mol. The fraction of sp³-hybridized carbons (Fsp3) is 0.769. The van der Waals surface area contributed by atoms with Gasteiger partial charge in [-0.3, -0.25) is 4.90 Å². The van der Waals surface area contributed by atoms with E-state index < -0.39 is 5.97 Å². The van der Waals surface area contributed by atoms with Gasteiger partial charge in [0.05, 0.1) is 0 Å². The molecule has 0 aromatic heterocycles. The van der Waals surface area contributed by atoms with Gasteiger partial charge in [0.1, 0.15) is 6.10 Å². The van der Waals surface area contributed by atoms with Gasteiger partial charge in [-0.25, -0.2) is 4.79 Å². The van der Waals surface area contributed by atoms with Crippen molar-refractivity contribution >= 4 is 5.97 Å². The zero-order valence-electron chi connectivity index (χ0n) is 10.8. The number of piperidine rings is 1. The van der Waals surface area contributed by atoms with Crippen LogP contribution in [0.1, 0.15) is 40.5 Å². The highest BCUT2D eigenvalue weighted by Crippen LogP contribution is 2.37. The summed E-state index contributed by atoms with van der Waals surface area (Å²) in [5, 5.41) is 0. The normalized spacial score (nSPS) is 24.8. The lowest BCUT2D eigenvalue weighted by Crippen LogP contribution is -2.60. The molecule has 3 nitrogen and oxygen atoms in total. The minimum Gasteiger partial charge on any atom is -0.453 e. The fourth-order valence-corrected chi connectivity index (χ4v) is 2.55. The summed E-state index contributed by atoms with van der Waals surface area (Å²) in [7, 11) is 2.11. The van der Waals surface area contributed by atoms with Gasteiger partial charge in [-0.15, -0.1) is 6.42 Å². The number of hydrogen-bond acceptors (Lipinski definition) is 3. The number of carbonyl (C=O) groups is 1. The molecule has 0 saturated carbocycles. The van der Waals surface area contributed by atoms with Crippen LogP contribution in [0.4, 0.5) is 0 Å². The number of hydrogen-bond donors (Lipinski definition) is 0. The van der Waals surface area contributed by atoms with Gasteiger partial charge in [0.25, 0.3) is 0 Å². The van der Waals surface area contributed by atoms with Gasteiger partial charge in [0.2, 0.25) is 0 Å². The number of esters is 1. The second kappa shape index (κ2) is 4.10. The van der Waals surface area contributed by atoms with Crippen LogP contribution in [0.15, 0.2) is 0 Å². The molecule has 1 aliphatic heterocycles. The van der Waals surface area contributed by atoms with Crippen LogP contribution in [-0.2, 0) is 9.53 Å². The second-order valence-corrected chi connectivity index (χ2v) is 5.76. The van der Waals surface area contributed by atoms with Crippen LogP contribution in [0.3, 0.4) is 0 Å². The minimum atomic E-state index is -0.554. The van der Waals surface area contributed by atoms with E-state index in [9.17, 15) is 4.79 Å². The number of likely N-dealkylation sites (tertiary alicyclic amines) is 1. The minimum absolute atomic E-state index is 0.0152. The van der Waals surface area contributed by atoms with Crippen LogP contribution in [0.2, 0.25) is 0 Å². The lowest BCUT2D eigenvalue weighted by molar-refractivity contribution is -0.151. The van der Waals surface area contributed by atoms with Crippen LogP contribution in [0.5, 0.6) is 0 Å². The topological polar surface area (TPSA) is 29.5 Å². The molecule has 0 atom stereocenters. The molecule has 0 aromatic carbocycles. The Labute approximate surface area is 98.1 Å². The van der Waals surface area contributed by atoms with Gasteiger partial charge in [0, 0.05) is 29.8 Å². The van der Waals surface area contributed by atoms with Crippen LogP contribution in [0, 0.1) is 12.3 Å². The summed E-state index contributed by atoms with van der Waals surface area (Å²) >= 11 is 0. The second-order valence-electron chi connectivity index (χ2n) is 5.76. The lowest BCUT2D eigenvalue weighted by atomic mass is 9.79. The van der Waals surface area contributed by atoms with Crippen molar-refractivity contribution in [2.24, 2.45) is 0 Å². The predicted octanol–water partition coefficient (Wildman–Crippen LogP) is 1.81. The first-order valence-corrected chi connectivity index (χ1v) is 5.60. The van der Waals surface area contributed by atoms with E-state index in [1.54, 1.807) is 0 Å². The maximum Gasteiger partial charge on any atom is 0.384 e. The summed E-state index contributed by atoms with van der Waals surface area (Å²) in [5.74, 6) is 1.45. The van der Waals surface area contributed by atoms with Gasteiger partial charge < -0.3 is 4.74 Å². The highest BCUT2D eigenvalue weighted by atomic mass is 16.5. The van der Waals surface area contributed by atoms with E-state index in [2.05, 4.69) is 39.6 Å². The summed E-state index contributed by atoms with van der Waals surface area (Å²) in [6, 6.07) is 0. The molecule has 0 unspecified atom stereocenters. The number of nitrogens with zero attached hydrogens (tertiary/aromatic N) is 1. The van der Waals surface area contributed by atoms with Gasteiger partial charge in [-0.2, -0.15) is 0 Å². The number of ether oxygens (including phenoxy) is 1. The predicted molar refractivity (Wildman–Crippen MR) is 63.9 cm³/mol. The maximum absolute atomic E-state index is 11.1. The average molecular weight is 223 g/mol. The summed E-state index contributed by atoms with van der Waals surface area (Å²) < 4.78 is 5.26. The molecule has 0 radical (unpaired) electrons. The van der Waals surface area contributed by atoms with E-state index in [1.807, 2.05) is 5.92 Å². The maximum atomic E-state index is 11.1. The smallest absolute Gasteiger partial charge is 0.384 e. The summed E-state index contributed by atoms with van der Waals surface area (Å²) in [6.45, 7) is 8.63. The summed E-state index contributed by atoms with van der Waals surface area (Å²) in [4.78, 5) is 13.4. The third-order valence-electron chi connectivity index (χ3n) is 3.66. The van der Waals surface area contributed by atoms with E-state index in [0.717, 1.165) is 12.8 Å². The third-order valence-corrected chi connectivity index (χ3v) is 3.66. The van der Waals surface area contributed by atoms with Crippen molar-refractivity contribution in [3.8, 4) is 12.3 Å².